The van der Waals surface area contributed by atoms with Gasteiger partial charge in [-0.3, -0.25) is 19.2 Å². The van der Waals surface area contributed by atoms with Crippen molar-refractivity contribution in [1.82, 2.24) is 10.5 Å². The average molecular weight is 911 g/mol. The van der Waals surface area contributed by atoms with E-state index in [-0.39, 0.29) is 23.7 Å². The second-order valence-electron chi connectivity index (χ2n) is 12.1. The molecule has 0 aromatic heterocycles. The monoisotopic (exact) mass is 908 g/mol. The van der Waals surface area contributed by atoms with Gasteiger partial charge in [0.25, 0.3) is 17.7 Å². The first-order chi connectivity index (χ1) is 28.0. The zero-order valence-corrected chi connectivity index (χ0v) is 35.6. The summed E-state index contributed by atoms with van der Waals surface area (Å²) in [4.78, 5) is 57.5. The van der Waals surface area contributed by atoms with Crippen LogP contribution in [0.1, 0.15) is 41.4 Å². The molecule has 0 aliphatic rings. The van der Waals surface area contributed by atoms with Gasteiger partial charge >= 0.3 is 5.97 Å². The molecule has 0 saturated carbocycles. The highest BCUT2D eigenvalue weighted by Crippen LogP contribution is 2.24. The second kappa shape index (κ2) is 22.7. The Balaban J connectivity index is 0.000000236. The van der Waals surface area contributed by atoms with Crippen LogP contribution in [-0.2, 0) is 14.4 Å². The maximum absolute atomic E-state index is 12.4. The minimum atomic E-state index is -0.364. The highest BCUT2D eigenvalue weighted by atomic mass is 79.9. The number of hydroxylamine groups is 3. The van der Waals surface area contributed by atoms with Crippen molar-refractivity contribution in [1.29, 1.82) is 0 Å². The Labute approximate surface area is 354 Å². The molecule has 298 valence electrons. The standard InChI is InChI=1S/C22H19BrN2O3.C21H16BrNO3.C2H7NO/c1-25(28-2)22(27)18-9-5-16(6-10-18)15-3-7-17(8-4-15)21(26)24-20-13-11-19(23)12-14-20;1-26-21(25)17-8-4-15(5-9-17)14-2-6-16(7-3-14)20(24)23-19-12-10-18(22)11-13-19;1-3-4-2/h3-14H,1-2H3,(H,24,26);2-13H,1H3,(H,23,24);3H,1-2H3. The van der Waals surface area contributed by atoms with E-state index in [9.17, 15) is 19.2 Å². The molecular formula is C45H42Br2N4O7. The highest BCUT2D eigenvalue weighted by molar-refractivity contribution is 9.10. The van der Waals surface area contributed by atoms with Crippen LogP contribution in [0.2, 0.25) is 0 Å². The fraction of sp³-hybridized carbons (Fsp3) is 0.111. The molecule has 0 unspecified atom stereocenters. The van der Waals surface area contributed by atoms with E-state index in [0.717, 1.165) is 42.6 Å². The Hall–Kier alpha value is -5.96. The van der Waals surface area contributed by atoms with Gasteiger partial charge < -0.3 is 20.2 Å². The summed E-state index contributed by atoms with van der Waals surface area (Å²) < 4.78 is 6.60. The number of methoxy groups -OCH3 is 1. The lowest BCUT2D eigenvalue weighted by Gasteiger charge is -2.13. The Morgan fingerprint density at radius 2 is 0.793 bits per heavy atom. The predicted molar refractivity (Wildman–Crippen MR) is 234 cm³/mol. The summed E-state index contributed by atoms with van der Waals surface area (Å²) in [6.07, 6.45) is 0. The molecular weight excluding hydrogens is 868 g/mol. The van der Waals surface area contributed by atoms with Crippen LogP contribution in [0.15, 0.2) is 155 Å². The van der Waals surface area contributed by atoms with Crippen molar-refractivity contribution in [2.75, 3.05) is 46.1 Å². The Bertz CT molecular complexity index is 2250. The first kappa shape index (κ1) is 44.8. The van der Waals surface area contributed by atoms with Crippen LogP contribution < -0.4 is 16.1 Å². The fourth-order valence-corrected chi connectivity index (χ4v) is 5.62. The number of hydrogen-bond donors (Lipinski definition) is 3. The van der Waals surface area contributed by atoms with E-state index in [2.05, 4.69) is 52.8 Å². The van der Waals surface area contributed by atoms with Crippen molar-refractivity contribution in [3.8, 4) is 22.3 Å². The number of carbonyl (C=O) groups is 4. The van der Waals surface area contributed by atoms with Crippen molar-refractivity contribution in [3.05, 3.63) is 177 Å². The smallest absolute Gasteiger partial charge is 0.337 e. The van der Waals surface area contributed by atoms with Gasteiger partial charge in [0.1, 0.15) is 0 Å². The summed E-state index contributed by atoms with van der Waals surface area (Å²) in [5.74, 6) is -0.914. The van der Waals surface area contributed by atoms with Crippen LogP contribution in [0, 0.1) is 0 Å². The van der Waals surface area contributed by atoms with Crippen LogP contribution in [0.4, 0.5) is 11.4 Å². The lowest BCUT2D eigenvalue weighted by atomic mass is 10.0. The van der Waals surface area contributed by atoms with Crippen LogP contribution in [0.25, 0.3) is 22.3 Å². The molecule has 58 heavy (non-hydrogen) atoms. The predicted octanol–water partition coefficient (Wildman–Crippen LogP) is 9.92. The zero-order valence-electron chi connectivity index (χ0n) is 32.4. The topological polar surface area (TPSA) is 135 Å². The molecule has 3 amide bonds. The molecule has 6 rings (SSSR count). The van der Waals surface area contributed by atoms with Crippen molar-refractivity contribution in [3.63, 3.8) is 0 Å². The number of benzene rings is 6. The summed E-state index contributed by atoms with van der Waals surface area (Å²) >= 11 is 6.73. The van der Waals surface area contributed by atoms with Gasteiger partial charge in [-0.25, -0.2) is 15.3 Å². The lowest BCUT2D eigenvalue weighted by molar-refractivity contribution is -0.0756. The SMILES string of the molecule is CNOC.COC(=O)c1ccc(-c2ccc(C(=O)Nc3ccc(Br)cc3)cc2)cc1.CON(C)C(=O)c1ccc(-c2ccc(C(=O)Nc3ccc(Br)cc3)cc2)cc1. The summed E-state index contributed by atoms with van der Waals surface area (Å²) in [6, 6.07) is 43.8. The molecule has 0 atom stereocenters. The minimum absolute atomic E-state index is 0.167. The van der Waals surface area contributed by atoms with E-state index < -0.39 is 0 Å². The highest BCUT2D eigenvalue weighted by Gasteiger charge is 2.12. The van der Waals surface area contributed by atoms with E-state index >= 15 is 0 Å². The molecule has 0 heterocycles. The van der Waals surface area contributed by atoms with Crippen molar-refractivity contribution >= 4 is 66.9 Å². The van der Waals surface area contributed by atoms with Crippen LogP contribution in [0.3, 0.4) is 0 Å². The second-order valence-corrected chi connectivity index (χ2v) is 13.9. The Morgan fingerprint density at radius 1 is 0.483 bits per heavy atom. The summed E-state index contributed by atoms with van der Waals surface area (Å²) in [5.41, 5.74) is 9.91. The van der Waals surface area contributed by atoms with Gasteiger partial charge in [-0.2, -0.15) is 0 Å². The third kappa shape index (κ3) is 13.3. The zero-order chi connectivity index (χ0) is 42.0. The van der Waals surface area contributed by atoms with Crippen LogP contribution in [0.5, 0.6) is 0 Å². The number of ether oxygens (including phenoxy) is 1. The van der Waals surface area contributed by atoms with Gasteiger partial charge in [-0.1, -0.05) is 80.4 Å². The fourth-order valence-electron chi connectivity index (χ4n) is 5.09. The minimum Gasteiger partial charge on any atom is -0.465 e. The number of carbonyl (C=O) groups excluding carboxylic acids is 4. The van der Waals surface area contributed by atoms with Gasteiger partial charge in [0.05, 0.1) is 26.9 Å². The number of halogens is 2. The van der Waals surface area contributed by atoms with Gasteiger partial charge in [0.15, 0.2) is 0 Å². The maximum Gasteiger partial charge on any atom is 0.337 e. The van der Waals surface area contributed by atoms with E-state index in [1.807, 2.05) is 97.1 Å². The van der Waals surface area contributed by atoms with Crippen molar-refractivity contribution in [2.45, 2.75) is 0 Å². The van der Waals surface area contributed by atoms with Gasteiger partial charge in [0, 0.05) is 51.1 Å². The molecule has 6 aromatic rings. The first-order valence-electron chi connectivity index (χ1n) is 17.6. The van der Waals surface area contributed by atoms with Gasteiger partial charge in [0.2, 0.25) is 0 Å². The van der Waals surface area contributed by atoms with E-state index in [1.54, 1.807) is 69.7 Å². The lowest BCUT2D eigenvalue weighted by Crippen LogP contribution is -2.25. The van der Waals surface area contributed by atoms with Crippen LogP contribution >= 0.6 is 31.9 Å². The summed E-state index contributed by atoms with van der Waals surface area (Å²) in [6.45, 7) is 0. The molecule has 0 saturated heterocycles. The normalized spacial score (nSPS) is 10.1. The number of nitrogens with one attached hydrogen (secondary N) is 3. The molecule has 3 N–H and O–H groups in total. The number of hydrogen-bond acceptors (Lipinski definition) is 8. The van der Waals surface area contributed by atoms with E-state index in [1.165, 1.54) is 19.3 Å². The maximum atomic E-state index is 12.4. The Kier molecular flexibility index (Phi) is 17.5. The van der Waals surface area contributed by atoms with Gasteiger partial charge in [-0.05, 0) is 119 Å². The number of esters is 1. The molecule has 0 bridgehead atoms. The number of anilines is 2. The number of nitrogens with zero attached hydrogens (tertiary/aromatic N) is 1. The van der Waals surface area contributed by atoms with Gasteiger partial charge in [-0.15, -0.1) is 0 Å². The molecule has 13 heteroatoms. The average Bonchev–Trinajstić information content (AvgIpc) is 3.27. The largest absolute Gasteiger partial charge is 0.465 e. The first-order valence-corrected chi connectivity index (χ1v) is 19.2. The molecule has 0 fully saturated rings. The van der Waals surface area contributed by atoms with E-state index in [0.29, 0.717) is 22.3 Å². The third-order valence-corrected chi connectivity index (χ3v) is 9.42. The summed E-state index contributed by atoms with van der Waals surface area (Å²) in [5, 5.41) is 6.90. The van der Waals surface area contributed by atoms with Crippen LogP contribution in [-0.4, -0.2) is 64.2 Å². The molecule has 0 spiro atoms. The molecule has 11 nitrogen and oxygen atoms in total. The molecule has 6 aromatic carbocycles. The van der Waals surface area contributed by atoms with Crippen molar-refractivity contribution in [2.24, 2.45) is 0 Å². The third-order valence-electron chi connectivity index (χ3n) is 8.37. The number of rotatable bonds is 10. The van der Waals surface area contributed by atoms with E-state index in [4.69, 9.17) is 9.57 Å². The number of amides is 3. The molecule has 0 aliphatic carbocycles. The molecule has 0 radical (unpaired) electrons. The quantitative estimate of drug-likeness (QED) is 0.0914. The Morgan fingerprint density at radius 3 is 1.09 bits per heavy atom. The van der Waals surface area contributed by atoms with Crippen molar-refractivity contribution < 1.29 is 33.6 Å². The summed E-state index contributed by atoms with van der Waals surface area (Å²) in [7, 11) is 7.64. The molecule has 0 aliphatic heterocycles.